The SMILES string of the molecule is NC[C@@H]1CC(C(=O)Nc2ccccc2)=NO1. The number of anilines is 1. The summed E-state index contributed by atoms with van der Waals surface area (Å²) in [5.41, 5.74) is 6.55. The molecule has 1 aromatic carbocycles. The molecule has 2 rings (SSSR count). The van der Waals surface area contributed by atoms with Crippen LogP contribution >= 0.6 is 0 Å². The van der Waals surface area contributed by atoms with Crippen molar-refractivity contribution in [1.82, 2.24) is 0 Å². The van der Waals surface area contributed by atoms with Gasteiger partial charge in [0.2, 0.25) is 0 Å². The largest absolute Gasteiger partial charge is 0.390 e. The smallest absolute Gasteiger partial charge is 0.273 e. The first-order valence-corrected chi connectivity index (χ1v) is 5.08. The van der Waals surface area contributed by atoms with Gasteiger partial charge in [-0.1, -0.05) is 23.4 Å². The lowest BCUT2D eigenvalue weighted by molar-refractivity contribution is -0.110. The van der Waals surface area contributed by atoms with Crippen LogP contribution in [0.3, 0.4) is 0 Å². The van der Waals surface area contributed by atoms with Gasteiger partial charge in [-0.05, 0) is 12.1 Å². The molecule has 1 aromatic rings. The van der Waals surface area contributed by atoms with Crippen LogP contribution < -0.4 is 11.1 Å². The van der Waals surface area contributed by atoms with E-state index in [0.29, 0.717) is 18.7 Å². The van der Waals surface area contributed by atoms with Crippen molar-refractivity contribution in [2.45, 2.75) is 12.5 Å². The molecule has 1 amide bonds. The van der Waals surface area contributed by atoms with Crippen LogP contribution in [-0.2, 0) is 9.63 Å². The average Bonchev–Trinajstić information content (AvgIpc) is 2.79. The van der Waals surface area contributed by atoms with Crippen molar-refractivity contribution in [1.29, 1.82) is 0 Å². The zero-order valence-corrected chi connectivity index (χ0v) is 8.72. The standard InChI is InChI=1S/C11H13N3O2/c12-7-9-6-10(14-16-9)11(15)13-8-4-2-1-3-5-8/h1-5,9H,6-7,12H2,(H,13,15)/t9-/m0/s1. The maximum absolute atomic E-state index is 11.7. The normalized spacial score (nSPS) is 18.8. The topological polar surface area (TPSA) is 76.7 Å². The van der Waals surface area contributed by atoms with E-state index >= 15 is 0 Å². The van der Waals surface area contributed by atoms with Crippen LogP contribution in [0.5, 0.6) is 0 Å². The minimum Gasteiger partial charge on any atom is -0.390 e. The average molecular weight is 219 g/mol. The summed E-state index contributed by atoms with van der Waals surface area (Å²) in [6, 6.07) is 9.22. The van der Waals surface area contributed by atoms with Gasteiger partial charge in [-0.2, -0.15) is 0 Å². The van der Waals surface area contributed by atoms with Crippen molar-refractivity contribution in [3.8, 4) is 0 Å². The van der Waals surface area contributed by atoms with Crippen LogP contribution in [0.1, 0.15) is 6.42 Å². The van der Waals surface area contributed by atoms with E-state index in [-0.39, 0.29) is 12.0 Å². The molecule has 0 unspecified atom stereocenters. The Balaban J connectivity index is 1.95. The number of nitrogens with two attached hydrogens (primary N) is 1. The highest BCUT2D eigenvalue weighted by Gasteiger charge is 2.24. The molecule has 1 heterocycles. The van der Waals surface area contributed by atoms with Crippen LogP contribution in [-0.4, -0.2) is 24.3 Å². The quantitative estimate of drug-likeness (QED) is 0.786. The first-order chi connectivity index (χ1) is 7.79. The number of hydrogen-bond acceptors (Lipinski definition) is 4. The molecule has 0 bridgehead atoms. The molecule has 1 atom stereocenters. The second kappa shape index (κ2) is 4.76. The van der Waals surface area contributed by atoms with Crippen molar-refractivity contribution in [3.05, 3.63) is 30.3 Å². The molecular formula is C11H13N3O2. The molecule has 0 aromatic heterocycles. The van der Waals surface area contributed by atoms with Gasteiger partial charge in [0.1, 0.15) is 11.8 Å². The maximum Gasteiger partial charge on any atom is 0.273 e. The molecule has 5 heteroatoms. The third-order valence-corrected chi connectivity index (χ3v) is 2.29. The van der Waals surface area contributed by atoms with Crippen molar-refractivity contribution >= 4 is 17.3 Å². The number of rotatable bonds is 3. The molecule has 0 aliphatic carbocycles. The number of para-hydroxylation sites is 1. The molecule has 0 saturated carbocycles. The summed E-state index contributed by atoms with van der Waals surface area (Å²) in [6.45, 7) is 0.367. The molecular weight excluding hydrogens is 206 g/mol. The molecule has 5 nitrogen and oxygen atoms in total. The maximum atomic E-state index is 11.7. The minimum atomic E-state index is -0.234. The van der Waals surface area contributed by atoms with E-state index in [1.807, 2.05) is 30.3 Å². The van der Waals surface area contributed by atoms with Gasteiger partial charge < -0.3 is 15.9 Å². The number of carbonyl (C=O) groups is 1. The van der Waals surface area contributed by atoms with E-state index in [2.05, 4.69) is 10.5 Å². The number of carbonyl (C=O) groups excluding carboxylic acids is 1. The van der Waals surface area contributed by atoms with E-state index in [1.165, 1.54) is 0 Å². The number of hydrogen-bond donors (Lipinski definition) is 2. The van der Waals surface area contributed by atoms with Crippen molar-refractivity contribution in [2.75, 3.05) is 11.9 Å². The van der Waals surface area contributed by atoms with Gasteiger partial charge in [-0.25, -0.2) is 0 Å². The molecule has 3 N–H and O–H groups in total. The van der Waals surface area contributed by atoms with Gasteiger partial charge in [0.25, 0.3) is 5.91 Å². The van der Waals surface area contributed by atoms with Crippen LogP contribution in [0.25, 0.3) is 0 Å². The fraction of sp³-hybridized carbons (Fsp3) is 0.273. The van der Waals surface area contributed by atoms with Crippen molar-refractivity contribution in [3.63, 3.8) is 0 Å². The van der Waals surface area contributed by atoms with E-state index in [0.717, 1.165) is 5.69 Å². The molecule has 0 radical (unpaired) electrons. The van der Waals surface area contributed by atoms with Gasteiger partial charge in [-0.15, -0.1) is 0 Å². The Morgan fingerprint density at radius 3 is 2.88 bits per heavy atom. The molecule has 1 aliphatic rings. The monoisotopic (exact) mass is 219 g/mol. The third kappa shape index (κ3) is 2.38. The van der Waals surface area contributed by atoms with Crippen LogP contribution in [0.2, 0.25) is 0 Å². The number of nitrogens with one attached hydrogen (secondary N) is 1. The Kier molecular flexibility index (Phi) is 3.16. The number of nitrogens with zero attached hydrogens (tertiary/aromatic N) is 1. The van der Waals surface area contributed by atoms with Crippen molar-refractivity contribution < 1.29 is 9.63 Å². The van der Waals surface area contributed by atoms with Crippen LogP contribution in [0.4, 0.5) is 5.69 Å². The summed E-state index contributed by atoms with van der Waals surface area (Å²) in [7, 11) is 0. The highest BCUT2D eigenvalue weighted by Crippen LogP contribution is 2.11. The second-order valence-electron chi connectivity index (χ2n) is 3.53. The first kappa shape index (κ1) is 10.6. The van der Waals surface area contributed by atoms with E-state index in [4.69, 9.17) is 10.6 Å². The van der Waals surface area contributed by atoms with Gasteiger partial charge >= 0.3 is 0 Å². The third-order valence-electron chi connectivity index (χ3n) is 2.29. The number of amides is 1. The highest BCUT2D eigenvalue weighted by molar-refractivity contribution is 6.43. The lowest BCUT2D eigenvalue weighted by atomic mass is 10.1. The van der Waals surface area contributed by atoms with Gasteiger partial charge in [0, 0.05) is 18.7 Å². The number of benzene rings is 1. The predicted molar refractivity (Wildman–Crippen MR) is 61.1 cm³/mol. The Bertz CT molecular complexity index is 403. The number of oxime groups is 1. The Hall–Kier alpha value is -1.88. The summed E-state index contributed by atoms with van der Waals surface area (Å²) in [5.74, 6) is -0.234. The summed E-state index contributed by atoms with van der Waals surface area (Å²) in [5, 5.41) is 6.45. The predicted octanol–water partition coefficient (Wildman–Crippen LogP) is 0.729. The lowest BCUT2D eigenvalue weighted by Crippen LogP contribution is -2.25. The molecule has 0 saturated heterocycles. The summed E-state index contributed by atoms with van der Waals surface area (Å²) in [6.07, 6.45) is 0.298. The molecule has 0 fully saturated rings. The summed E-state index contributed by atoms with van der Waals surface area (Å²) in [4.78, 5) is 16.7. The van der Waals surface area contributed by atoms with Crippen molar-refractivity contribution in [2.24, 2.45) is 10.9 Å². The Morgan fingerprint density at radius 2 is 2.25 bits per heavy atom. The Morgan fingerprint density at radius 1 is 1.50 bits per heavy atom. The molecule has 0 spiro atoms. The lowest BCUT2D eigenvalue weighted by Gasteiger charge is -2.03. The van der Waals surface area contributed by atoms with Gasteiger partial charge in [0.05, 0.1) is 0 Å². The summed E-state index contributed by atoms with van der Waals surface area (Å²) >= 11 is 0. The van der Waals surface area contributed by atoms with Crippen LogP contribution in [0.15, 0.2) is 35.5 Å². The fourth-order valence-electron chi connectivity index (χ4n) is 1.41. The zero-order chi connectivity index (χ0) is 11.4. The van der Waals surface area contributed by atoms with Gasteiger partial charge in [0.15, 0.2) is 0 Å². The Labute approximate surface area is 93.3 Å². The molecule has 84 valence electrons. The second-order valence-corrected chi connectivity index (χ2v) is 3.53. The minimum absolute atomic E-state index is 0.170. The van der Waals surface area contributed by atoms with Gasteiger partial charge in [-0.3, -0.25) is 4.79 Å². The zero-order valence-electron chi connectivity index (χ0n) is 8.72. The first-order valence-electron chi connectivity index (χ1n) is 5.08. The fourth-order valence-corrected chi connectivity index (χ4v) is 1.41. The summed E-state index contributed by atoms with van der Waals surface area (Å²) < 4.78 is 0. The molecule has 1 aliphatic heterocycles. The van der Waals surface area contributed by atoms with E-state index in [1.54, 1.807) is 0 Å². The molecule has 16 heavy (non-hydrogen) atoms. The van der Waals surface area contributed by atoms with Crippen LogP contribution in [0, 0.1) is 0 Å². The highest BCUT2D eigenvalue weighted by atomic mass is 16.6. The van der Waals surface area contributed by atoms with E-state index < -0.39 is 0 Å². The van der Waals surface area contributed by atoms with E-state index in [9.17, 15) is 4.79 Å².